The Morgan fingerprint density at radius 3 is 2.08 bits per heavy atom. The van der Waals surface area contributed by atoms with Crippen LogP contribution in [0.3, 0.4) is 0 Å². The fraction of sp³-hybridized carbons (Fsp3) is 0.350. The quantitative estimate of drug-likeness (QED) is 0.650. The number of ether oxygens (including phenoxy) is 1. The molecule has 0 spiro atoms. The van der Waals surface area contributed by atoms with Gasteiger partial charge in [-0.05, 0) is 55.9 Å². The van der Waals surface area contributed by atoms with Crippen molar-refractivity contribution in [3.8, 4) is 5.75 Å². The molecule has 2 N–H and O–H groups in total. The third-order valence-electron chi connectivity index (χ3n) is 3.80. The summed E-state index contributed by atoms with van der Waals surface area (Å²) < 4.78 is 5.72. The van der Waals surface area contributed by atoms with Crippen LogP contribution in [0.1, 0.15) is 27.9 Å². The van der Waals surface area contributed by atoms with Crippen molar-refractivity contribution in [2.75, 3.05) is 27.2 Å². The van der Waals surface area contributed by atoms with Crippen molar-refractivity contribution < 1.29 is 14.6 Å². The van der Waals surface area contributed by atoms with E-state index in [1.54, 1.807) is 12.1 Å². The maximum Gasteiger partial charge on any atom is 0.335 e. The molecule has 0 bridgehead atoms. The molecule has 0 aliphatic heterocycles. The van der Waals surface area contributed by atoms with Crippen LogP contribution in [0.4, 0.5) is 0 Å². The van der Waals surface area contributed by atoms with Crippen LogP contribution in [-0.2, 0) is 13.1 Å². The van der Waals surface area contributed by atoms with Gasteiger partial charge in [0.1, 0.15) is 5.75 Å². The first kappa shape index (κ1) is 19.0. The van der Waals surface area contributed by atoms with Crippen molar-refractivity contribution in [2.45, 2.75) is 19.5 Å². The molecule has 25 heavy (non-hydrogen) atoms. The standard InChI is InChI=1S/C20H26N2O3/c1-22(2)12-3-13-25-19-10-6-17(7-11-19)15-21-14-16-4-8-18(9-5-16)20(23)24/h4-11,21H,3,12-15H2,1-2H3,(H,23,24). The molecule has 5 nitrogen and oxygen atoms in total. The van der Waals surface area contributed by atoms with E-state index in [9.17, 15) is 4.79 Å². The summed E-state index contributed by atoms with van der Waals surface area (Å²) in [5.41, 5.74) is 2.55. The zero-order valence-electron chi connectivity index (χ0n) is 14.9. The number of carbonyl (C=O) groups is 1. The number of rotatable bonds is 10. The zero-order chi connectivity index (χ0) is 18.1. The minimum absolute atomic E-state index is 0.310. The lowest BCUT2D eigenvalue weighted by Gasteiger charge is -2.11. The number of hydrogen-bond donors (Lipinski definition) is 2. The van der Waals surface area contributed by atoms with Crippen molar-refractivity contribution in [3.63, 3.8) is 0 Å². The van der Waals surface area contributed by atoms with Crippen molar-refractivity contribution in [1.82, 2.24) is 10.2 Å². The second-order valence-corrected chi connectivity index (χ2v) is 6.25. The van der Waals surface area contributed by atoms with E-state index in [4.69, 9.17) is 9.84 Å². The first-order valence-electron chi connectivity index (χ1n) is 8.44. The highest BCUT2D eigenvalue weighted by Crippen LogP contribution is 2.13. The van der Waals surface area contributed by atoms with Gasteiger partial charge < -0.3 is 20.1 Å². The van der Waals surface area contributed by atoms with Crippen LogP contribution < -0.4 is 10.1 Å². The van der Waals surface area contributed by atoms with Gasteiger partial charge in [0.15, 0.2) is 0 Å². The Hall–Kier alpha value is -2.37. The molecule has 0 aliphatic rings. The fourth-order valence-electron chi connectivity index (χ4n) is 2.39. The lowest BCUT2D eigenvalue weighted by atomic mass is 10.1. The van der Waals surface area contributed by atoms with Crippen molar-refractivity contribution >= 4 is 5.97 Å². The van der Waals surface area contributed by atoms with Crippen LogP contribution in [0, 0.1) is 0 Å². The number of hydrogen-bond acceptors (Lipinski definition) is 4. The maximum atomic E-state index is 10.8. The van der Waals surface area contributed by atoms with Gasteiger partial charge in [-0.1, -0.05) is 24.3 Å². The predicted octanol–water partition coefficient (Wildman–Crippen LogP) is 3.01. The van der Waals surface area contributed by atoms with E-state index in [0.717, 1.165) is 37.4 Å². The fourth-order valence-corrected chi connectivity index (χ4v) is 2.39. The van der Waals surface area contributed by atoms with Crippen LogP contribution >= 0.6 is 0 Å². The highest BCUT2D eigenvalue weighted by Gasteiger charge is 2.02. The van der Waals surface area contributed by atoms with Gasteiger partial charge in [0.2, 0.25) is 0 Å². The number of nitrogens with one attached hydrogen (secondary N) is 1. The Morgan fingerprint density at radius 1 is 1.00 bits per heavy atom. The van der Waals surface area contributed by atoms with E-state index in [2.05, 4.69) is 36.4 Å². The molecule has 0 heterocycles. The first-order valence-corrected chi connectivity index (χ1v) is 8.44. The van der Waals surface area contributed by atoms with Crippen LogP contribution in [0.2, 0.25) is 0 Å². The van der Waals surface area contributed by atoms with Crippen molar-refractivity contribution in [2.24, 2.45) is 0 Å². The van der Waals surface area contributed by atoms with Gasteiger partial charge in [-0.25, -0.2) is 4.79 Å². The molecule has 0 saturated carbocycles. The van der Waals surface area contributed by atoms with E-state index in [1.807, 2.05) is 24.3 Å². The normalized spacial score (nSPS) is 10.8. The monoisotopic (exact) mass is 342 g/mol. The third-order valence-corrected chi connectivity index (χ3v) is 3.80. The number of benzene rings is 2. The van der Waals surface area contributed by atoms with Crippen molar-refractivity contribution in [1.29, 1.82) is 0 Å². The molecule has 0 aromatic heterocycles. The minimum atomic E-state index is -0.900. The molecule has 2 aromatic rings. The smallest absolute Gasteiger partial charge is 0.335 e. The van der Waals surface area contributed by atoms with Crippen LogP contribution in [-0.4, -0.2) is 43.2 Å². The average molecular weight is 342 g/mol. The van der Waals surface area contributed by atoms with Gasteiger partial charge in [0.25, 0.3) is 0 Å². The molecule has 0 unspecified atom stereocenters. The maximum absolute atomic E-state index is 10.8. The molecule has 134 valence electrons. The topological polar surface area (TPSA) is 61.8 Å². The number of carboxylic acids is 1. The molecule has 5 heteroatoms. The summed E-state index contributed by atoms with van der Waals surface area (Å²) in [6.07, 6.45) is 1.01. The molecule has 0 amide bonds. The van der Waals surface area contributed by atoms with Gasteiger partial charge >= 0.3 is 5.97 Å². The SMILES string of the molecule is CN(C)CCCOc1ccc(CNCc2ccc(C(=O)O)cc2)cc1. The Labute approximate surface area is 149 Å². The van der Waals surface area contributed by atoms with E-state index in [-0.39, 0.29) is 0 Å². The first-order chi connectivity index (χ1) is 12.0. The molecule has 2 rings (SSSR count). The van der Waals surface area contributed by atoms with Crippen molar-refractivity contribution in [3.05, 3.63) is 65.2 Å². The molecular formula is C20H26N2O3. The molecule has 0 atom stereocenters. The molecular weight excluding hydrogens is 316 g/mol. The molecule has 0 saturated heterocycles. The second-order valence-electron chi connectivity index (χ2n) is 6.25. The Bertz CT molecular complexity index is 652. The molecule has 0 radical (unpaired) electrons. The highest BCUT2D eigenvalue weighted by atomic mass is 16.5. The summed E-state index contributed by atoms with van der Waals surface area (Å²) in [5, 5.41) is 12.2. The van der Waals surface area contributed by atoms with Gasteiger partial charge in [0, 0.05) is 19.6 Å². The summed E-state index contributed by atoms with van der Waals surface area (Å²) in [4.78, 5) is 13.0. The van der Waals surface area contributed by atoms with E-state index in [0.29, 0.717) is 12.1 Å². The highest BCUT2D eigenvalue weighted by molar-refractivity contribution is 5.87. The number of nitrogens with zero attached hydrogens (tertiary/aromatic N) is 1. The van der Waals surface area contributed by atoms with Crippen LogP contribution in [0.25, 0.3) is 0 Å². The molecule has 0 fully saturated rings. The lowest BCUT2D eigenvalue weighted by Crippen LogP contribution is -2.15. The number of aromatic carboxylic acids is 1. The molecule has 0 aliphatic carbocycles. The summed E-state index contributed by atoms with van der Waals surface area (Å²) in [6.45, 7) is 3.20. The average Bonchev–Trinajstić information content (AvgIpc) is 2.60. The summed E-state index contributed by atoms with van der Waals surface area (Å²) in [7, 11) is 4.12. The van der Waals surface area contributed by atoms with Gasteiger partial charge in [0.05, 0.1) is 12.2 Å². The Balaban J connectivity index is 1.71. The largest absolute Gasteiger partial charge is 0.494 e. The van der Waals surface area contributed by atoms with E-state index >= 15 is 0 Å². The Morgan fingerprint density at radius 2 is 1.56 bits per heavy atom. The van der Waals surface area contributed by atoms with Crippen LogP contribution in [0.5, 0.6) is 5.75 Å². The Kier molecular flexibility index (Phi) is 7.44. The van der Waals surface area contributed by atoms with E-state index < -0.39 is 5.97 Å². The lowest BCUT2D eigenvalue weighted by molar-refractivity contribution is 0.0697. The zero-order valence-corrected chi connectivity index (χ0v) is 14.9. The summed E-state index contributed by atoms with van der Waals surface area (Å²) in [6, 6.07) is 15.0. The molecule has 2 aromatic carbocycles. The second kappa shape index (κ2) is 9.81. The van der Waals surface area contributed by atoms with Crippen LogP contribution in [0.15, 0.2) is 48.5 Å². The van der Waals surface area contributed by atoms with Gasteiger partial charge in [-0.15, -0.1) is 0 Å². The summed E-state index contributed by atoms with van der Waals surface area (Å²) >= 11 is 0. The van der Waals surface area contributed by atoms with Gasteiger partial charge in [-0.2, -0.15) is 0 Å². The number of carboxylic acid groups (broad SMARTS) is 1. The third kappa shape index (κ3) is 6.95. The van der Waals surface area contributed by atoms with E-state index in [1.165, 1.54) is 5.56 Å². The predicted molar refractivity (Wildman–Crippen MR) is 99.1 cm³/mol. The minimum Gasteiger partial charge on any atom is -0.494 e. The summed E-state index contributed by atoms with van der Waals surface area (Å²) in [5.74, 6) is -0.00435. The van der Waals surface area contributed by atoms with Gasteiger partial charge in [-0.3, -0.25) is 0 Å².